The topological polar surface area (TPSA) is 47.3 Å². The zero-order chi connectivity index (χ0) is 11.4. The molecule has 0 bridgehead atoms. The van der Waals surface area contributed by atoms with Gasteiger partial charge in [0.05, 0.1) is 10.4 Å². The molecule has 2 atom stereocenters. The van der Waals surface area contributed by atoms with Crippen molar-refractivity contribution in [2.24, 2.45) is 11.8 Å². The van der Waals surface area contributed by atoms with Crippen LogP contribution in [0.2, 0.25) is 0 Å². The third-order valence-electron chi connectivity index (χ3n) is 3.03. The van der Waals surface area contributed by atoms with Crippen molar-refractivity contribution in [3.05, 3.63) is 20.8 Å². The van der Waals surface area contributed by atoms with Crippen molar-refractivity contribution in [2.75, 3.05) is 13.2 Å². The summed E-state index contributed by atoms with van der Waals surface area (Å²) in [7, 11) is 0. The van der Waals surface area contributed by atoms with Crippen LogP contribution in [0.5, 0.6) is 0 Å². The second kappa shape index (κ2) is 6.12. The zero-order valence-corrected chi connectivity index (χ0v) is 11.5. The molecular weight excluding hydrogens is 288 g/mol. The van der Waals surface area contributed by atoms with E-state index in [9.17, 15) is 0 Å². The molecule has 90 valence electrons. The minimum absolute atomic E-state index is 0.325. The van der Waals surface area contributed by atoms with Gasteiger partial charge < -0.3 is 4.74 Å². The molecule has 1 saturated heterocycles. The largest absolute Gasteiger partial charge is 0.381 e. The van der Waals surface area contributed by atoms with Gasteiger partial charge in [-0.2, -0.15) is 0 Å². The first-order valence-corrected chi connectivity index (χ1v) is 7.18. The van der Waals surface area contributed by atoms with Crippen LogP contribution in [0.4, 0.5) is 0 Å². The number of hydrazine groups is 1. The van der Waals surface area contributed by atoms with Crippen LogP contribution in [-0.2, 0) is 11.2 Å². The highest BCUT2D eigenvalue weighted by molar-refractivity contribution is 9.11. The maximum atomic E-state index is 5.65. The lowest BCUT2D eigenvalue weighted by molar-refractivity contribution is 0.0394. The van der Waals surface area contributed by atoms with E-state index in [1.54, 1.807) is 11.3 Å². The van der Waals surface area contributed by atoms with E-state index in [1.807, 2.05) is 0 Å². The molecule has 1 aliphatic rings. The second-order valence-electron chi connectivity index (χ2n) is 4.16. The van der Waals surface area contributed by atoms with Gasteiger partial charge in [0, 0.05) is 17.5 Å². The van der Waals surface area contributed by atoms with E-state index in [4.69, 9.17) is 10.6 Å². The van der Waals surface area contributed by atoms with Gasteiger partial charge in [0.25, 0.3) is 0 Å². The highest BCUT2D eigenvalue weighted by Crippen LogP contribution is 2.26. The molecule has 5 heteroatoms. The fourth-order valence-corrected chi connectivity index (χ4v) is 3.66. The van der Waals surface area contributed by atoms with Crippen molar-refractivity contribution in [1.29, 1.82) is 0 Å². The number of thiophene rings is 1. The fourth-order valence-electron chi connectivity index (χ4n) is 2.12. The van der Waals surface area contributed by atoms with E-state index in [-0.39, 0.29) is 0 Å². The molecule has 1 aliphatic heterocycles. The van der Waals surface area contributed by atoms with Gasteiger partial charge in [-0.15, -0.1) is 11.3 Å². The fraction of sp³-hybridized carbons (Fsp3) is 0.636. The van der Waals surface area contributed by atoms with Gasteiger partial charge in [-0.3, -0.25) is 11.3 Å². The monoisotopic (exact) mass is 304 g/mol. The summed E-state index contributed by atoms with van der Waals surface area (Å²) in [5.41, 5.74) is 2.94. The summed E-state index contributed by atoms with van der Waals surface area (Å²) in [6.07, 6.45) is 3.35. The Morgan fingerprint density at radius 2 is 2.50 bits per heavy atom. The van der Waals surface area contributed by atoms with E-state index in [2.05, 4.69) is 33.5 Å². The van der Waals surface area contributed by atoms with Crippen molar-refractivity contribution in [1.82, 2.24) is 5.43 Å². The SMILES string of the molecule is NNC(Cc1ccc(Br)s1)C1CCCOC1. The lowest BCUT2D eigenvalue weighted by Gasteiger charge is -2.29. The van der Waals surface area contributed by atoms with Gasteiger partial charge in [-0.1, -0.05) is 0 Å². The van der Waals surface area contributed by atoms with Crippen LogP contribution < -0.4 is 11.3 Å². The van der Waals surface area contributed by atoms with Crippen LogP contribution in [-0.4, -0.2) is 19.3 Å². The number of hydrogen-bond donors (Lipinski definition) is 2. The van der Waals surface area contributed by atoms with Crippen molar-refractivity contribution in [3.8, 4) is 0 Å². The van der Waals surface area contributed by atoms with E-state index >= 15 is 0 Å². The molecule has 2 unspecified atom stereocenters. The Balaban J connectivity index is 1.94. The highest BCUT2D eigenvalue weighted by atomic mass is 79.9. The molecule has 1 fully saturated rings. The molecule has 1 aromatic heterocycles. The number of nitrogens with two attached hydrogens (primary N) is 1. The summed E-state index contributed by atoms with van der Waals surface area (Å²) in [5.74, 6) is 6.19. The maximum absolute atomic E-state index is 5.65. The van der Waals surface area contributed by atoms with E-state index in [1.165, 1.54) is 15.1 Å². The Hall–Kier alpha value is 0.0600. The number of ether oxygens (including phenoxy) is 1. The lowest BCUT2D eigenvalue weighted by Crippen LogP contribution is -2.45. The van der Waals surface area contributed by atoms with E-state index in [0.29, 0.717) is 12.0 Å². The molecular formula is C11H17BrN2OS. The number of hydrogen-bond acceptors (Lipinski definition) is 4. The van der Waals surface area contributed by atoms with Gasteiger partial charge in [0.1, 0.15) is 0 Å². The smallest absolute Gasteiger partial charge is 0.0701 e. The molecule has 3 N–H and O–H groups in total. The first-order chi connectivity index (χ1) is 7.79. The summed E-state index contributed by atoms with van der Waals surface area (Å²) in [4.78, 5) is 1.36. The summed E-state index contributed by atoms with van der Waals surface area (Å²) in [6.45, 7) is 1.74. The molecule has 0 aromatic carbocycles. The molecule has 3 nitrogen and oxygen atoms in total. The van der Waals surface area contributed by atoms with Crippen molar-refractivity contribution < 1.29 is 4.74 Å². The molecule has 2 rings (SSSR count). The average Bonchev–Trinajstić information content (AvgIpc) is 2.73. The summed E-state index contributed by atoms with van der Waals surface area (Å²) >= 11 is 5.26. The van der Waals surface area contributed by atoms with Crippen LogP contribution in [0.25, 0.3) is 0 Å². The Bertz CT molecular complexity index is 326. The highest BCUT2D eigenvalue weighted by Gasteiger charge is 2.23. The average molecular weight is 305 g/mol. The van der Waals surface area contributed by atoms with Gasteiger partial charge in [0.15, 0.2) is 0 Å². The van der Waals surface area contributed by atoms with Crippen LogP contribution >= 0.6 is 27.3 Å². The second-order valence-corrected chi connectivity index (χ2v) is 6.71. The van der Waals surface area contributed by atoms with E-state index < -0.39 is 0 Å². The zero-order valence-electron chi connectivity index (χ0n) is 9.12. The Morgan fingerprint density at radius 1 is 1.62 bits per heavy atom. The van der Waals surface area contributed by atoms with Crippen LogP contribution in [0, 0.1) is 5.92 Å². The Morgan fingerprint density at radius 3 is 3.06 bits per heavy atom. The molecule has 0 saturated carbocycles. The minimum atomic E-state index is 0.325. The molecule has 1 aromatic rings. The summed E-state index contributed by atoms with van der Waals surface area (Å²) in [5, 5.41) is 0. The van der Waals surface area contributed by atoms with E-state index in [0.717, 1.165) is 26.1 Å². The van der Waals surface area contributed by atoms with Crippen LogP contribution in [0.1, 0.15) is 17.7 Å². The molecule has 0 radical (unpaired) electrons. The third kappa shape index (κ3) is 3.28. The summed E-state index contributed by atoms with van der Waals surface area (Å²) < 4.78 is 6.69. The normalized spacial score (nSPS) is 23.2. The minimum Gasteiger partial charge on any atom is -0.381 e. The molecule has 16 heavy (non-hydrogen) atoms. The number of nitrogens with one attached hydrogen (secondary N) is 1. The van der Waals surface area contributed by atoms with Crippen molar-refractivity contribution in [2.45, 2.75) is 25.3 Å². The van der Waals surface area contributed by atoms with Gasteiger partial charge in [-0.05, 0) is 53.2 Å². The quantitative estimate of drug-likeness (QED) is 0.663. The van der Waals surface area contributed by atoms with Gasteiger partial charge in [0.2, 0.25) is 0 Å². The predicted molar refractivity (Wildman–Crippen MR) is 70.4 cm³/mol. The summed E-state index contributed by atoms with van der Waals surface area (Å²) in [6, 6.07) is 4.57. The van der Waals surface area contributed by atoms with Crippen molar-refractivity contribution in [3.63, 3.8) is 0 Å². The van der Waals surface area contributed by atoms with Crippen LogP contribution in [0.15, 0.2) is 15.9 Å². The Labute approximate surface area is 108 Å². The number of rotatable bonds is 4. The van der Waals surface area contributed by atoms with Crippen molar-refractivity contribution >= 4 is 27.3 Å². The maximum Gasteiger partial charge on any atom is 0.0701 e. The first kappa shape index (κ1) is 12.5. The lowest BCUT2D eigenvalue weighted by atomic mass is 9.91. The predicted octanol–water partition coefficient (Wildman–Crippen LogP) is 2.31. The van der Waals surface area contributed by atoms with Crippen LogP contribution in [0.3, 0.4) is 0 Å². The standard InChI is InChI=1S/C11H17BrN2OS/c12-11-4-3-9(16-11)6-10(14-13)8-2-1-5-15-7-8/h3-4,8,10,14H,1-2,5-7,13H2. The molecule has 0 amide bonds. The first-order valence-electron chi connectivity index (χ1n) is 5.57. The number of halogens is 1. The third-order valence-corrected chi connectivity index (χ3v) is 4.67. The van der Waals surface area contributed by atoms with Gasteiger partial charge >= 0.3 is 0 Å². The molecule has 0 spiro atoms. The molecule has 0 aliphatic carbocycles. The molecule has 2 heterocycles. The van der Waals surface area contributed by atoms with Gasteiger partial charge in [-0.25, -0.2) is 0 Å². The Kier molecular flexibility index (Phi) is 4.79.